The molecule has 23 heavy (non-hydrogen) atoms. The van der Waals surface area contributed by atoms with E-state index in [2.05, 4.69) is 18.0 Å². The van der Waals surface area contributed by atoms with E-state index in [9.17, 15) is 4.79 Å². The average Bonchev–Trinajstić information content (AvgIpc) is 2.56. The molecule has 0 spiro atoms. The van der Waals surface area contributed by atoms with Gasteiger partial charge in [0, 0.05) is 29.9 Å². The molecule has 0 radical (unpaired) electrons. The van der Waals surface area contributed by atoms with Crippen LogP contribution in [0.5, 0.6) is 11.5 Å². The molecule has 0 amide bonds. The van der Waals surface area contributed by atoms with Crippen molar-refractivity contribution >= 4 is 5.78 Å². The van der Waals surface area contributed by atoms with Gasteiger partial charge in [-0.1, -0.05) is 6.07 Å². The first-order valence-electron chi connectivity index (χ1n) is 8.57. The molecule has 1 aliphatic heterocycles. The number of fused-ring (bicyclic) bond motifs is 1. The van der Waals surface area contributed by atoms with Crippen LogP contribution in [-0.2, 0) is 16.6 Å². The molecule has 1 saturated carbocycles. The largest absolute Gasteiger partial charge is 0.493 e. The molecular weight excluding hydrogens is 290 g/mol. The van der Waals surface area contributed by atoms with Crippen molar-refractivity contribution in [3.05, 3.63) is 23.3 Å². The Hall–Kier alpha value is -1.55. The first-order chi connectivity index (χ1) is 11.1. The number of ketones is 1. The van der Waals surface area contributed by atoms with Gasteiger partial charge in [-0.2, -0.15) is 0 Å². The number of ether oxygens (including phenoxy) is 2. The number of hydrogen-bond acceptors (Lipinski definition) is 4. The fraction of sp³-hybridized carbons (Fsp3) is 0.632. The van der Waals surface area contributed by atoms with Gasteiger partial charge in [0.2, 0.25) is 0 Å². The highest BCUT2D eigenvalue weighted by Crippen LogP contribution is 2.58. The second-order valence-corrected chi connectivity index (χ2v) is 7.35. The summed E-state index contributed by atoms with van der Waals surface area (Å²) in [4.78, 5) is 14.9. The number of nitrogens with zero attached hydrogens (tertiary/aromatic N) is 1. The molecule has 3 atom stereocenters. The Kier molecular flexibility index (Phi) is 3.41. The van der Waals surface area contributed by atoms with E-state index in [1.54, 1.807) is 14.2 Å². The molecule has 2 bridgehead atoms. The van der Waals surface area contributed by atoms with Gasteiger partial charge in [0.25, 0.3) is 0 Å². The molecule has 0 aromatic heterocycles. The van der Waals surface area contributed by atoms with E-state index in [1.165, 1.54) is 11.1 Å². The van der Waals surface area contributed by atoms with E-state index in [-0.39, 0.29) is 5.41 Å². The Morgan fingerprint density at radius 3 is 2.83 bits per heavy atom. The third-order valence-electron chi connectivity index (χ3n) is 6.46. The van der Waals surface area contributed by atoms with Gasteiger partial charge >= 0.3 is 0 Å². The topological polar surface area (TPSA) is 38.8 Å². The normalized spacial score (nSPS) is 32.9. The first kappa shape index (κ1) is 15.0. The van der Waals surface area contributed by atoms with Gasteiger partial charge in [0.15, 0.2) is 11.5 Å². The van der Waals surface area contributed by atoms with Crippen LogP contribution in [0.4, 0.5) is 0 Å². The van der Waals surface area contributed by atoms with Gasteiger partial charge in [-0.05, 0) is 50.4 Å². The molecule has 1 aromatic rings. The summed E-state index contributed by atoms with van der Waals surface area (Å²) in [6, 6.07) is 4.73. The van der Waals surface area contributed by atoms with Crippen molar-refractivity contribution < 1.29 is 14.3 Å². The van der Waals surface area contributed by atoms with E-state index >= 15 is 0 Å². The molecule has 0 N–H and O–H groups in total. The van der Waals surface area contributed by atoms with Gasteiger partial charge < -0.3 is 14.4 Å². The Bertz CT molecular complexity index is 656. The van der Waals surface area contributed by atoms with Crippen molar-refractivity contribution in [2.24, 2.45) is 5.92 Å². The number of methoxy groups -OCH3 is 2. The summed E-state index contributed by atoms with van der Waals surface area (Å²) in [6.45, 7) is 1.05. The summed E-state index contributed by atoms with van der Waals surface area (Å²) in [5.74, 6) is 2.59. The number of rotatable bonds is 2. The smallest absolute Gasteiger partial charge is 0.164 e. The number of benzene rings is 1. The van der Waals surface area contributed by atoms with Crippen LogP contribution >= 0.6 is 0 Å². The number of hydrogen-bond donors (Lipinski definition) is 0. The fourth-order valence-corrected chi connectivity index (χ4v) is 5.45. The highest BCUT2D eigenvalue weighted by atomic mass is 16.5. The van der Waals surface area contributed by atoms with Crippen molar-refractivity contribution in [1.82, 2.24) is 4.90 Å². The quantitative estimate of drug-likeness (QED) is 0.841. The molecular formula is C19H25NO3. The van der Waals surface area contributed by atoms with Gasteiger partial charge in [0.1, 0.15) is 5.78 Å². The first-order valence-corrected chi connectivity index (χ1v) is 8.57. The number of likely N-dealkylation sites (tertiary alicyclic amines) is 1. The van der Waals surface area contributed by atoms with Gasteiger partial charge in [-0.3, -0.25) is 4.79 Å². The SMILES string of the molecule is COc1ccc2c(c1OC)[C@]13CCN(C)[C@H](C2)C1CCC(=O)C3. The average molecular weight is 315 g/mol. The standard InChI is InChI=1S/C19H25NO3/c1-20-9-8-19-11-13(21)5-6-14(19)15(20)10-12-4-7-16(22-2)18(23-3)17(12)19/h4,7,14-15H,5-6,8-11H2,1-3H3/t14?,15-,19+/m1/s1. The van der Waals surface area contributed by atoms with E-state index in [1.807, 2.05) is 6.07 Å². The summed E-state index contributed by atoms with van der Waals surface area (Å²) >= 11 is 0. The molecule has 4 heteroatoms. The summed E-state index contributed by atoms with van der Waals surface area (Å²) in [5.41, 5.74) is 2.55. The Balaban J connectivity index is 1.96. The van der Waals surface area contributed by atoms with Crippen LogP contribution in [0.15, 0.2) is 12.1 Å². The minimum atomic E-state index is -0.0556. The predicted molar refractivity (Wildman–Crippen MR) is 88.3 cm³/mol. The maximum atomic E-state index is 12.4. The van der Waals surface area contributed by atoms with Crippen molar-refractivity contribution in [2.75, 3.05) is 27.8 Å². The zero-order chi connectivity index (χ0) is 16.2. The molecule has 4 nitrogen and oxygen atoms in total. The molecule has 124 valence electrons. The number of carbonyl (C=O) groups excluding carboxylic acids is 1. The summed E-state index contributed by atoms with van der Waals surface area (Å²) < 4.78 is 11.3. The maximum Gasteiger partial charge on any atom is 0.164 e. The van der Waals surface area contributed by atoms with Crippen LogP contribution in [0.3, 0.4) is 0 Å². The number of likely N-dealkylation sites (N-methyl/N-ethyl adjacent to an activating group) is 1. The fourth-order valence-electron chi connectivity index (χ4n) is 5.45. The minimum Gasteiger partial charge on any atom is -0.493 e. The van der Waals surface area contributed by atoms with Crippen molar-refractivity contribution in [2.45, 2.75) is 43.6 Å². The summed E-state index contributed by atoms with van der Waals surface area (Å²) in [6.07, 6.45) is 4.49. The van der Waals surface area contributed by atoms with Gasteiger partial charge in [-0.25, -0.2) is 0 Å². The lowest BCUT2D eigenvalue weighted by Gasteiger charge is -2.58. The lowest BCUT2D eigenvalue weighted by molar-refractivity contribution is -0.126. The van der Waals surface area contributed by atoms with E-state index in [4.69, 9.17) is 9.47 Å². The highest BCUT2D eigenvalue weighted by molar-refractivity contribution is 5.82. The van der Waals surface area contributed by atoms with Crippen LogP contribution in [0.25, 0.3) is 0 Å². The second-order valence-electron chi connectivity index (χ2n) is 7.35. The predicted octanol–water partition coefficient (Wildman–Crippen LogP) is 2.57. The Labute approximate surface area is 137 Å². The van der Waals surface area contributed by atoms with Crippen LogP contribution in [0, 0.1) is 5.92 Å². The molecule has 2 fully saturated rings. The second kappa shape index (κ2) is 5.23. The molecule has 1 saturated heterocycles. The number of piperidine rings is 1. The molecule has 1 unspecified atom stereocenters. The van der Waals surface area contributed by atoms with Crippen LogP contribution in [-0.4, -0.2) is 44.5 Å². The van der Waals surface area contributed by atoms with Gasteiger partial charge in [0.05, 0.1) is 14.2 Å². The Morgan fingerprint density at radius 2 is 2.09 bits per heavy atom. The summed E-state index contributed by atoms with van der Waals surface area (Å²) in [5, 5.41) is 0. The maximum absolute atomic E-state index is 12.4. The lowest BCUT2D eigenvalue weighted by Crippen LogP contribution is -2.61. The molecule has 1 aromatic carbocycles. The lowest BCUT2D eigenvalue weighted by atomic mass is 9.52. The number of carbonyl (C=O) groups is 1. The monoisotopic (exact) mass is 315 g/mol. The minimum absolute atomic E-state index is 0.0556. The van der Waals surface area contributed by atoms with E-state index in [0.29, 0.717) is 24.2 Å². The zero-order valence-corrected chi connectivity index (χ0v) is 14.2. The third-order valence-corrected chi connectivity index (χ3v) is 6.46. The van der Waals surface area contributed by atoms with E-state index in [0.717, 1.165) is 43.7 Å². The molecule has 1 heterocycles. The van der Waals surface area contributed by atoms with Gasteiger partial charge in [-0.15, -0.1) is 0 Å². The zero-order valence-electron chi connectivity index (χ0n) is 14.2. The molecule has 4 rings (SSSR count). The van der Waals surface area contributed by atoms with Crippen molar-refractivity contribution in [3.8, 4) is 11.5 Å². The van der Waals surface area contributed by atoms with Crippen molar-refractivity contribution in [1.29, 1.82) is 0 Å². The summed E-state index contributed by atoms with van der Waals surface area (Å²) in [7, 11) is 5.64. The van der Waals surface area contributed by atoms with Crippen LogP contribution in [0.2, 0.25) is 0 Å². The Morgan fingerprint density at radius 1 is 1.26 bits per heavy atom. The van der Waals surface area contributed by atoms with Crippen LogP contribution < -0.4 is 9.47 Å². The number of Topliss-reactive ketones (excluding diaryl/α,β-unsaturated/α-hetero) is 1. The molecule has 2 aliphatic carbocycles. The third kappa shape index (κ3) is 1.97. The highest BCUT2D eigenvalue weighted by Gasteiger charge is 2.56. The van der Waals surface area contributed by atoms with Crippen LogP contribution in [0.1, 0.15) is 36.8 Å². The molecule has 3 aliphatic rings. The van der Waals surface area contributed by atoms with E-state index < -0.39 is 0 Å². The van der Waals surface area contributed by atoms with Crippen molar-refractivity contribution in [3.63, 3.8) is 0 Å².